The third kappa shape index (κ3) is 1.66. The lowest BCUT2D eigenvalue weighted by Gasteiger charge is -1.95. The van der Waals surface area contributed by atoms with Crippen molar-refractivity contribution < 1.29 is 0 Å². The molecule has 0 aromatic carbocycles. The van der Waals surface area contributed by atoms with Gasteiger partial charge in [-0.05, 0) is 18.5 Å². The van der Waals surface area contributed by atoms with Crippen molar-refractivity contribution in [3.63, 3.8) is 0 Å². The molecule has 1 heterocycles. The molecule has 0 aliphatic heterocycles. The quantitative estimate of drug-likeness (QED) is 0.580. The maximum Gasteiger partial charge on any atom is 0.219 e. The zero-order valence-corrected chi connectivity index (χ0v) is 5.62. The van der Waals surface area contributed by atoms with Crippen molar-refractivity contribution in [3.8, 4) is 0 Å². The summed E-state index contributed by atoms with van der Waals surface area (Å²) >= 11 is 0. The molecule has 0 fully saturated rings. The number of nitrogens with two attached hydrogens (primary N) is 2. The second-order valence-corrected chi connectivity index (χ2v) is 1.99. The third-order valence-electron chi connectivity index (χ3n) is 1.16. The van der Waals surface area contributed by atoms with Gasteiger partial charge in [-0.1, -0.05) is 0 Å². The standard InChI is InChI=1S/C6H10N4/c7-2-1-5-3-9-6(8)10-4-5/h3-4H,1-2,7H2,(H2,8,9,10). The molecule has 0 unspecified atom stereocenters. The van der Waals surface area contributed by atoms with E-state index in [1.54, 1.807) is 12.4 Å². The van der Waals surface area contributed by atoms with E-state index in [-0.39, 0.29) is 0 Å². The van der Waals surface area contributed by atoms with Crippen LogP contribution in [0.3, 0.4) is 0 Å². The minimum atomic E-state index is 0.306. The van der Waals surface area contributed by atoms with E-state index in [0.717, 1.165) is 12.0 Å². The van der Waals surface area contributed by atoms with Gasteiger partial charge in [-0.15, -0.1) is 0 Å². The Morgan fingerprint density at radius 1 is 1.30 bits per heavy atom. The number of hydrogen-bond donors (Lipinski definition) is 2. The lowest BCUT2D eigenvalue weighted by Crippen LogP contribution is -2.04. The van der Waals surface area contributed by atoms with Crippen LogP contribution >= 0.6 is 0 Å². The van der Waals surface area contributed by atoms with Crippen molar-refractivity contribution in [3.05, 3.63) is 18.0 Å². The summed E-state index contributed by atoms with van der Waals surface area (Å²) in [5.41, 5.74) is 11.6. The Hall–Kier alpha value is -1.16. The highest BCUT2D eigenvalue weighted by Crippen LogP contribution is 1.95. The molecule has 1 rings (SSSR count). The Balaban J connectivity index is 2.69. The first-order chi connectivity index (χ1) is 4.83. The Bertz CT molecular complexity index is 193. The van der Waals surface area contributed by atoms with Crippen LogP contribution in [0.2, 0.25) is 0 Å². The summed E-state index contributed by atoms with van der Waals surface area (Å²) in [7, 11) is 0. The summed E-state index contributed by atoms with van der Waals surface area (Å²) in [6.45, 7) is 0.618. The largest absolute Gasteiger partial charge is 0.368 e. The predicted molar refractivity (Wildman–Crippen MR) is 39.2 cm³/mol. The summed E-state index contributed by atoms with van der Waals surface area (Å²) in [6.07, 6.45) is 4.19. The number of aromatic nitrogens is 2. The SMILES string of the molecule is NCCc1cnc(N)nc1. The van der Waals surface area contributed by atoms with Gasteiger partial charge >= 0.3 is 0 Å². The van der Waals surface area contributed by atoms with E-state index in [4.69, 9.17) is 11.5 Å². The fraction of sp³-hybridized carbons (Fsp3) is 0.333. The molecule has 0 aliphatic carbocycles. The topological polar surface area (TPSA) is 77.8 Å². The molecule has 4 heteroatoms. The molecule has 1 aromatic rings. The van der Waals surface area contributed by atoms with Crippen molar-refractivity contribution in [1.29, 1.82) is 0 Å². The van der Waals surface area contributed by atoms with Crippen molar-refractivity contribution >= 4 is 5.95 Å². The molecule has 0 bridgehead atoms. The molecule has 0 saturated heterocycles. The van der Waals surface area contributed by atoms with Crippen molar-refractivity contribution in [1.82, 2.24) is 9.97 Å². The van der Waals surface area contributed by atoms with Gasteiger partial charge in [0.25, 0.3) is 0 Å². The first kappa shape index (κ1) is 6.95. The van der Waals surface area contributed by atoms with Gasteiger partial charge in [-0.25, -0.2) is 9.97 Å². The highest BCUT2D eigenvalue weighted by molar-refractivity contribution is 5.17. The molecule has 0 saturated carbocycles. The molecular formula is C6H10N4. The van der Waals surface area contributed by atoms with E-state index in [0.29, 0.717) is 12.5 Å². The summed E-state index contributed by atoms with van der Waals surface area (Å²) in [5, 5.41) is 0. The highest BCUT2D eigenvalue weighted by atomic mass is 15.0. The van der Waals surface area contributed by atoms with Gasteiger partial charge in [0, 0.05) is 12.4 Å². The molecular weight excluding hydrogens is 128 g/mol. The minimum absolute atomic E-state index is 0.306. The Morgan fingerprint density at radius 2 is 1.90 bits per heavy atom. The van der Waals surface area contributed by atoms with Gasteiger partial charge in [0.15, 0.2) is 0 Å². The molecule has 4 N–H and O–H groups in total. The van der Waals surface area contributed by atoms with Crippen molar-refractivity contribution in [2.24, 2.45) is 5.73 Å². The van der Waals surface area contributed by atoms with Crippen LogP contribution in [-0.4, -0.2) is 16.5 Å². The number of nitrogens with zero attached hydrogens (tertiary/aromatic N) is 2. The normalized spacial score (nSPS) is 9.70. The van der Waals surface area contributed by atoms with Crippen LogP contribution in [0.25, 0.3) is 0 Å². The second-order valence-electron chi connectivity index (χ2n) is 1.99. The molecule has 4 nitrogen and oxygen atoms in total. The molecule has 0 atom stereocenters. The van der Waals surface area contributed by atoms with E-state index in [9.17, 15) is 0 Å². The number of rotatable bonds is 2. The van der Waals surface area contributed by atoms with Gasteiger partial charge in [0.2, 0.25) is 5.95 Å². The van der Waals surface area contributed by atoms with Gasteiger partial charge in [-0.3, -0.25) is 0 Å². The third-order valence-corrected chi connectivity index (χ3v) is 1.16. The Morgan fingerprint density at radius 3 is 2.40 bits per heavy atom. The lowest BCUT2D eigenvalue weighted by molar-refractivity contribution is 0.944. The second kappa shape index (κ2) is 3.12. The van der Waals surface area contributed by atoms with Crippen LogP contribution in [0.1, 0.15) is 5.56 Å². The average Bonchev–Trinajstić information content (AvgIpc) is 1.95. The molecule has 54 valence electrons. The average molecular weight is 138 g/mol. The molecule has 10 heavy (non-hydrogen) atoms. The van der Waals surface area contributed by atoms with E-state index in [2.05, 4.69) is 9.97 Å². The lowest BCUT2D eigenvalue weighted by atomic mass is 10.2. The first-order valence-electron chi connectivity index (χ1n) is 3.09. The summed E-state index contributed by atoms with van der Waals surface area (Å²) in [5.74, 6) is 0.306. The zero-order chi connectivity index (χ0) is 7.40. The number of hydrogen-bond acceptors (Lipinski definition) is 4. The smallest absolute Gasteiger partial charge is 0.219 e. The fourth-order valence-corrected chi connectivity index (χ4v) is 0.661. The molecule has 1 aromatic heterocycles. The zero-order valence-electron chi connectivity index (χ0n) is 5.62. The van der Waals surface area contributed by atoms with Crippen LogP contribution in [0, 0.1) is 0 Å². The summed E-state index contributed by atoms with van der Waals surface area (Å²) in [6, 6.07) is 0. The Labute approximate surface area is 59.3 Å². The van der Waals surface area contributed by atoms with Crippen LogP contribution in [0.5, 0.6) is 0 Å². The first-order valence-corrected chi connectivity index (χ1v) is 3.09. The van der Waals surface area contributed by atoms with Gasteiger partial charge in [0.1, 0.15) is 0 Å². The van der Waals surface area contributed by atoms with Crippen molar-refractivity contribution in [2.45, 2.75) is 6.42 Å². The van der Waals surface area contributed by atoms with Crippen LogP contribution in [0.4, 0.5) is 5.95 Å². The molecule has 0 aliphatic rings. The van der Waals surface area contributed by atoms with Crippen molar-refractivity contribution in [2.75, 3.05) is 12.3 Å². The van der Waals surface area contributed by atoms with E-state index >= 15 is 0 Å². The Kier molecular flexibility index (Phi) is 2.17. The molecule has 0 spiro atoms. The maximum absolute atomic E-state index is 5.31. The predicted octanol–water partition coefficient (Wildman–Crippen LogP) is -0.440. The number of anilines is 1. The van der Waals surface area contributed by atoms with Gasteiger partial charge in [0.05, 0.1) is 0 Å². The van der Waals surface area contributed by atoms with E-state index in [1.807, 2.05) is 0 Å². The highest BCUT2D eigenvalue weighted by Gasteiger charge is 1.90. The monoisotopic (exact) mass is 138 g/mol. The number of nitrogen functional groups attached to an aromatic ring is 1. The molecule has 0 amide bonds. The van der Waals surface area contributed by atoms with Crippen LogP contribution in [0.15, 0.2) is 12.4 Å². The maximum atomic E-state index is 5.31. The van der Waals surface area contributed by atoms with E-state index in [1.165, 1.54) is 0 Å². The van der Waals surface area contributed by atoms with Crippen LogP contribution in [-0.2, 0) is 6.42 Å². The van der Waals surface area contributed by atoms with E-state index < -0.39 is 0 Å². The fourth-order valence-electron chi connectivity index (χ4n) is 0.661. The van der Waals surface area contributed by atoms with Gasteiger partial charge < -0.3 is 11.5 Å². The molecule has 0 radical (unpaired) electrons. The summed E-state index contributed by atoms with van der Waals surface area (Å²) < 4.78 is 0. The summed E-state index contributed by atoms with van der Waals surface area (Å²) in [4.78, 5) is 7.62. The van der Waals surface area contributed by atoms with Gasteiger partial charge in [-0.2, -0.15) is 0 Å². The van der Waals surface area contributed by atoms with Crippen LogP contribution < -0.4 is 11.5 Å². The minimum Gasteiger partial charge on any atom is -0.368 e.